The maximum absolute atomic E-state index is 13.8. The Kier molecular flexibility index (Phi) is 8.19. The number of anilines is 1. The minimum absolute atomic E-state index is 0.219. The van der Waals surface area contributed by atoms with Gasteiger partial charge in [0.1, 0.15) is 5.75 Å². The van der Waals surface area contributed by atoms with Crippen LogP contribution in [0.4, 0.5) is 5.69 Å². The van der Waals surface area contributed by atoms with Crippen molar-refractivity contribution in [3.8, 4) is 5.75 Å². The molecule has 0 aliphatic carbocycles. The van der Waals surface area contributed by atoms with E-state index in [9.17, 15) is 9.59 Å². The number of halogens is 1. The Bertz CT molecular complexity index is 1520. The lowest BCUT2D eigenvalue weighted by Crippen LogP contribution is -2.39. The Morgan fingerprint density at radius 1 is 1.16 bits per heavy atom. The third kappa shape index (κ3) is 5.22. The Balaban J connectivity index is 1.90. The molecule has 0 amide bonds. The van der Waals surface area contributed by atoms with Gasteiger partial charge >= 0.3 is 5.97 Å². The number of hydrogen-bond acceptors (Lipinski definition) is 7. The summed E-state index contributed by atoms with van der Waals surface area (Å²) in [5.74, 6) is 0.180. The molecular formula is C28H30ClN3O4S. The molecule has 7 nitrogen and oxygen atoms in total. The summed E-state index contributed by atoms with van der Waals surface area (Å²) in [5, 5.41) is 0.565. The van der Waals surface area contributed by atoms with Crippen molar-refractivity contribution in [3.63, 3.8) is 0 Å². The van der Waals surface area contributed by atoms with E-state index in [4.69, 9.17) is 21.1 Å². The zero-order valence-corrected chi connectivity index (χ0v) is 23.2. The van der Waals surface area contributed by atoms with E-state index in [0.29, 0.717) is 31.4 Å². The molecule has 37 heavy (non-hydrogen) atoms. The molecule has 2 aromatic carbocycles. The highest BCUT2D eigenvalue weighted by Crippen LogP contribution is 2.31. The molecule has 1 atom stereocenters. The standard InChI is InChI=1S/C28H30ClN3O4S/c1-6-31(7-2)21-14-11-19(22(16-21)35-5)15-23-26(33)32-25(18-9-12-20(29)13-10-18)24(27(34)36-8-3)17(4)30-28(32)37-23/h9-16,25H,6-8H2,1-5H3/b23-15+/t25-/m0/s1. The van der Waals surface area contributed by atoms with Crippen LogP contribution in [0.3, 0.4) is 0 Å². The van der Waals surface area contributed by atoms with Crippen LogP contribution < -0.4 is 24.5 Å². The lowest BCUT2D eigenvalue weighted by Gasteiger charge is -2.24. The first-order valence-corrected chi connectivity index (χ1v) is 13.4. The molecule has 0 fully saturated rings. The number of allylic oxidation sites excluding steroid dienone is 1. The number of hydrogen-bond donors (Lipinski definition) is 0. The molecule has 9 heteroatoms. The molecule has 0 bridgehead atoms. The fourth-order valence-corrected chi connectivity index (χ4v) is 5.66. The van der Waals surface area contributed by atoms with E-state index in [2.05, 4.69) is 23.7 Å². The van der Waals surface area contributed by atoms with E-state index in [1.807, 2.05) is 36.4 Å². The predicted molar refractivity (Wildman–Crippen MR) is 148 cm³/mol. The zero-order valence-electron chi connectivity index (χ0n) is 21.6. The van der Waals surface area contributed by atoms with Crippen molar-refractivity contribution in [2.75, 3.05) is 31.7 Å². The second-order valence-electron chi connectivity index (χ2n) is 8.45. The number of rotatable bonds is 8. The lowest BCUT2D eigenvalue weighted by atomic mass is 9.96. The number of aromatic nitrogens is 1. The molecule has 0 N–H and O–H groups in total. The van der Waals surface area contributed by atoms with Crippen molar-refractivity contribution in [1.82, 2.24) is 4.57 Å². The first-order chi connectivity index (χ1) is 17.8. The molecule has 0 saturated carbocycles. The molecule has 194 valence electrons. The van der Waals surface area contributed by atoms with E-state index in [1.54, 1.807) is 37.7 Å². The van der Waals surface area contributed by atoms with Crippen LogP contribution in [0.2, 0.25) is 5.02 Å². The van der Waals surface area contributed by atoms with Crippen molar-refractivity contribution in [1.29, 1.82) is 0 Å². The van der Waals surface area contributed by atoms with E-state index in [0.717, 1.165) is 29.9 Å². The van der Waals surface area contributed by atoms with Gasteiger partial charge in [-0.05, 0) is 63.6 Å². The van der Waals surface area contributed by atoms with Crippen molar-refractivity contribution < 1.29 is 14.3 Å². The van der Waals surface area contributed by atoms with E-state index >= 15 is 0 Å². The summed E-state index contributed by atoms with van der Waals surface area (Å²) in [5.41, 5.74) is 3.20. The van der Waals surface area contributed by atoms with Gasteiger partial charge in [-0.1, -0.05) is 35.1 Å². The maximum atomic E-state index is 13.8. The Morgan fingerprint density at radius 2 is 1.86 bits per heavy atom. The number of nitrogens with zero attached hydrogens (tertiary/aromatic N) is 3. The third-order valence-corrected chi connectivity index (χ3v) is 7.57. The van der Waals surface area contributed by atoms with E-state index in [1.165, 1.54) is 11.3 Å². The van der Waals surface area contributed by atoms with Crippen molar-refractivity contribution in [2.45, 2.75) is 33.7 Å². The molecule has 0 radical (unpaired) electrons. The van der Waals surface area contributed by atoms with Gasteiger partial charge in [0.05, 0.1) is 35.6 Å². The monoisotopic (exact) mass is 539 g/mol. The summed E-state index contributed by atoms with van der Waals surface area (Å²) < 4.78 is 13.1. The van der Waals surface area contributed by atoms with Gasteiger partial charge in [0.15, 0.2) is 4.80 Å². The summed E-state index contributed by atoms with van der Waals surface area (Å²) in [7, 11) is 1.62. The molecule has 1 aliphatic rings. The van der Waals surface area contributed by atoms with Gasteiger partial charge in [-0.25, -0.2) is 9.79 Å². The molecule has 0 spiro atoms. The Labute approximate surface area is 224 Å². The van der Waals surface area contributed by atoms with Gasteiger partial charge in [0.25, 0.3) is 5.56 Å². The number of fused-ring (bicyclic) bond motifs is 1. The minimum atomic E-state index is -0.679. The average molecular weight is 540 g/mol. The fraction of sp³-hybridized carbons (Fsp3) is 0.321. The van der Waals surface area contributed by atoms with Crippen molar-refractivity contribution >= 4 is 40.7 Å². The largest absolute Gasteiger partial charge is 0.496 e. The number of esters is 1. The molecule has 1 aliphatic heterocycles. The molecule has 4 rings (SSSR count). The summed E-state index contributed by atoms with van der Waals surface area (Å²) in [6.45, 7) is 9.70. The van der Waals surface area contributed by atoms with Crippen LogP contribution in [0.1, 0.15) is 44.9 Å². The first kappa shape index (κ1) is 26.7. The smallest absolute Gasteiger partial charge is 0.338 e. The topological polar surface area (TPSA) is 73.1 Å². The van der Waals surface area contributed by atoms with Gasteiger partial charge in [0, 0.05) is 35.4 Å². The van der Waals surface area contributed by atoms with Crippen LogP contribution >= 0.6 is 22.9 Å². The summed E-state index contributed by atoms with van der Waals surface area (Å²) >= 11 is 7.40. The summed E-state index contributed by atoms with van der Waals surface area (Å²) in [6, 6.07) is 12.4. The molecular weight excluding hydrogens is 510 g/mol. The normalized spacial score (nSPS) is 15.3. The second kappa shape index (κ2) is 11.4. The predicted octanol–water partition coefficient (Wildman–Crippen LogP) is 4.31. The molecule has 1 aromatic heterocycles. The van der Waals surface area contributed by atoms with Gasteiger partial charge in [-0.15, -0.1) is 0 Å². The number of carbonyl (C=O) groups is 1. The number of ether oxygens (including phenoxy) is 2. The van der Waals surface area contributed by atoms with E-state index in [-0.39, 0.29) is 12.2 Å². The maximum Gasteiger partial charge on any atom is 0.338 e. The highest BCUT2D eigenvalue weighted by Gasteiger charge is 2.33. The quantitative estimate of drug-likeness (QED) is 0.399. The molecule has 0 saturated heterocycles. The lowest BCUT2D eigenvalue weighted by molar-refractivity contribution is -0.139. The molecule has 0 unspecified atom stereocenters. The number of carbonyl (C=O) groups excluding carboxylic acids is 1. The van der Waals surface area contributed by atoms with Crippen LogP contribution in [0, 0.1) is 0 Å². The van der Waals surface area contributed by atoms with Gasteiger partial charge in [0.2, 0.25) is 0 Å². The zero-order chi connectivity index (χ0) is 26.7. The highest BCUT2D eigenvalue weighted by atomic mass is 35.5. The Hall–Kier alpha value is -3.36. The number of thiazole rings is 1. The third-order valence-electron chi connectivity index (χ3n) is 6.34. The van der Waals surface area contributed by atoms with Gasteiger partial charge in [-0.3, -0.25) is 9.36 Å². The number of benzene rings is 2. The summed E-state index contributed by atoms with van der Waals surface area (Å²) in [4.78, 5) is 34.2. The van der Waals surface area contributed by atoms with Crippen LogP contribution in [-0.2, 0) is 9.53 Å². The highest BCUT2D eigenvalue weighted by molar-refractivity contribution is 7.07. The second-order valence-corrected chi connectivity index (χ2v) is 9.90. The van der Waals surface area contributed by atoms with Gasteiger partial charge in [-0.2, -0.15) is 0 Å². The fourth-order valence-electron chi connectivity index (χ4n) is 4.50. The first-order valence-electron chi connectivity index (χ1n) is 12.2. The summed E-state index contributed by atoms with van der Waals surface area (Å²) in [6.07, 6.45) is 1.82. The average Bonchev–Trinajstić information content (AvgIpc) is 3.19. The van der Waals surface area contributed by atoms with E-state index < -0.39 is 12.0 Å². The molecule has 3 aromatic rings. The van der Waals surface area contributed by atoms with Gasteiger partial charge < -0.3 is 14.4 Å². The Morgan fingerprint density at radius 3 is 2.49 bits per heavy atom. The minimum Gasteiger partial charge on any atom is -0.496 e. The van der Waals surface area contributed by atoms with Crippen LogP contribution in [-0.4, -0.2) is 37.3 Å². The number of methoxy groups -OCH3 is 1. The van der Waals surface area contributed by atoms with Crippen LogP contribution in [0.15, 0.2) is 63.5 Å². The van der Waals surface area contributed by atoms with Crippen LogP contribution in [0.25, 0.3) is 6.08 Å². The van der Waals surface area contributed by atoms with Crippen molar-refractivity contribution in [2.24, 2.45) is 4.99 Å². The SMILES string of the molecule is CCOC(=O)C1=C(C)N=c2s/c(=C/c3ccc(N(CC)CC)cc3OC)c(=O)n2[C@H]1c1ccc(Cl)cc1. The van der Waals surface area contributed by atoms with Crippen LogP contribution in [0.5, 0.6) is 5.75 Å². The molecule has 2 heterocycles. The van der Waals surface area contributed by atoms with Crippen molar-refractivity contribution in [3.05, 3.63) is 89.6 Å².